The molecule has 2 saturated carbocycles. The third-order valence-corrected chi connectivity index (χ3v) is 3.93. The molecular formula is C10H17N5S. The molecule has 1 N–H and O–H groups in total. The number of rotatable bonds is 7. The zero-order valence-electron chi connectivity index (χ0n) is 9.30. The van der Waals surface area contributed by atoms with Crippen LogP contribution in [0.2, 0.25) is 0 Å². The van der Waals surface area contributed by atoms with Gasteiger partial charge < -0.3 is 5.32 Å². The zero-order valence-corrected chi connectivity index (χ0v) is 10.1. The molecular weight excluding hydrogens is 222 g/mol. The van der Waals surface area contributed by atoms with Crippen LogP contribution in [0.15, 0.2) is 5.16 Å². The lowest BCUT2D eigenvalue weighted by atomic mass is 10.4. The maximum absolute atomic E-state index is 4.06. The maximum Gasteiger partial charge on any atom is 0.209 e. The molecule has 16 heavy (non-hydrogen) atoms. The third-order valence-electron chi connectivity index (χ3n) is 3.00. The average Bonchev–Trinajstić information content (AvgIpc) is 3.19. The summed E-state index contributed by atoms with van der Waals surface area (Å²) in [5, 5.41) is 16.3. The van der Waals surface area contributed by atoms with Crippen LogP contribution in [0.1, 0.15) is 31.7 Å². The molecule has 1 aromatic heterocycles. The van der Waals surface area contributed by atoms with E-state index in [2.05, 4.69) is 20.8 Å². The zero-order chi connectivity index (χ0) is 10.8. The molecule has 0 aromatic carbocycles. The Hall–Kier alpha value is -0.620. The summed E-state index contributed by atoms with van der Waals surface area (Å²) in [6.07, 6.45) is 5.30. The van der Waals surface area contributed by atoms with E-state index in [-0.39, 0.29) is 0 Å². The van der Waals surface area contributed by atoms with Gasteiger partial charge >= 0.3 is 0 Å². The van der Waals surface area contributed by atoms with Crippen LogP contribution in [-0.4, -0.2) is 39.0 Å². The number of tetrazole rings is 1. The van der Waals surface area contributed by atoms with E-state index in [0.29, 0.717) is 6.04 Å². The van der Waals surface area contributed by atoms with Crippen molar-refractivity contribution in [2.75, 3.05) is 18.8 Å². The molecule has 0 radical (unpaired) electrons. The van der Waals surface area contributed by atoms with Crippen LogP contribution in [0.25, 0.3) is 0 Å². The Labute approximate surface area is 99.4 Å². The lowest BCUT2D eigenvalue weighted by molar-refractivity contribution is 0.565. The van der Waals surface area contributed by atoms with Crippen LogP contribution in [-0.2, 0) is 0 Å². The van der Waals surface area contributed by atoms with Gasteiger partial charge in [0.1, 0.15) is 0 Å². The molecule has 0 bridgehead atoms. The molecule has 5 nitrogen and oxygen atoms in total. The predicted octanol–water partition coefficient (Wildman–Crippen LogP) is 1.10. The first kappa shape index (κ1) is 10.5. The summed E-state index contributed by atoms with van der Waals surface area (Å²) in [5.41, 5.74) is 0. The number of nitrogens with one attached hydrogen (secondary N) is 1. The van der Waals surface area contributed by atoms with Crippen LogP contribution in [0, 0.1) is 5.92 Å². The quantitative estimate of drug-likeness (QED) is 0.570. The summed E-state index contributed by atoms with van der Waals surface area (Å²) in [5.74, 6) is 2.02. The first-order chi connectivity index (χ1) is 7.93. The van der Waals surface area contributed by atoms with Crippen molar-refractivity contribution in [3.63, 3.8) is 0 Å². The van der Waals surface area contributed by atoms with Gasteiger partial charge in [-0.05, 0) is 48.6 Å². The molecule has 2 aliphatic rings. The minimum atomic E-state index is 0.580. The molecule has 0 saturated heterocycles. The molecule has 2 fully saturated rings. The monoisotopic (exact) mass is 239 g/mol. The highest BCUT2D eigenvalue weighted by Crippen LogP contribution is 2.36. The lowest BCUT2D eigenvalue weighted by Gasteiger charge is -2.03. The van der Waals surface area contributed by atoms with Crippen LogP contribution >= 0.6 is 11.8 Å². The Morgan fingerprint density at radius 3 is 2.94 bits per heavy atom. The molecule has 2 aliphatic carbocycles. The van der Waals surface area contributed by atoms with Crippen molar-refractivity contribution in [1.82, 2.24) is 25.5 Å². The van der Waals surface area contributed by atoms with Gasteiger partial charge in [0.25, 0.3) is 0 Å². The summed E-state index contributed by atoms with van der Waals surface area (Å²) < 4.78 is 1.98. The van der Waals surface area contributed by atoms with Gasteiger partial charge in [0.15, 0.2) is 0 Å². The van der Waals surface area contributed by atoms with Crippen molar-refractivity contribution in [2.24, 2.45) is 5.92 Å². The van der Waals surface area contributed by atoms with Gasteiger partial charge in [0, 0.05) is 12.3 Å². The van der Waals surface area contributed by atoms with Crippen molar-refractivity contribution < 1.29 is 0 Å². The first-order valence-electron chi connectivity index (χ1n) is 6.05. The van der Waals surface area contributed by atoms with Crippen molar-refractivity contribution >= 4 is 11.8 Å². The standard InChI is InChI=1S/C10H17N5S/c1-2-8(1)7-11-5-6-16-10-12-13-14-15(10)9-3-4-9/h8-9,11H,1-7H2. The number of thioether (sulfide) groups is 1. The van der Waals surface area contributed by atoms with E-state index in [0.717, 1.165) is 23.4 Å². The van der Waals surface area contributed by atoms with Crippen molar-refractivity contribution in [3.8, 4) is 0 Å². The van der Waals surface area contributed by atoms with E-state index in [4.69, 9.17) is 0 Å². The molecule has 3 rings (SSSR count). The van der Waals surface area contributed by atoms with Gasteiger partial charge in [-0.1, -0.05) is 11.8 Å². The summed E-state index contributed by atoms with van der Waals surface area (Å²) in [4.78, 5) is 0. The van der Waals surface area contributed by atoms with Crippen molar-refractivity contribution in [1.29, 1.82) is 0 Å². The number of nitrogens with zero attached hydrogens (tertiary/aromatic N) is 4. The van der Waals surface area contributed by atoms with Crippen LogP contribution < -0.4 is 5.32 Å². The highest BCUT2D eigenvalue weighted by molar-refractivity contribution is 7.99. The molecule has 0 atom stereocenters. The summed E-state index contributed by atoms with van der Waals surface area (Å²) >= 11 is 1.76. The average molecular weight is 239 g/mol. The van der Waals surface area contributed by atoms with E-state index in [1.54, 1.807) is 11.8 Å². The summed E-state index contributed by atoms with van der Waals surface area (Å²) in [7, 11) is 0. The Morgan fingerprint density at radius 2 is 2.19 bits per heavy atom. The fraction of sp³-hybridized carbons (Fsp3) is 0.900. The molecule has 6 heteroatoms. The Balaban J connectivity index is 1.37. The van der Waals surface area contributed by atoms with Crippen LogP contribution in [0.3, 0.4) is 0 Å². The third kappa shape index (κ3) is 2.74. The number of hydrogen-bond acceptors (Lipinski definition) is 5. The molecule has 0 spiro atoms. The van der Waals surface area contributed by atoms with Crippen LogP contribution in [0.4, 0.5) is 0 Å². The number of aromatic nitrogens is 4. The molecule has 0 amide bonds. The largest absolute Gasteiger partial charge is 0.316 e. The Kier molecular flexibility index (Phi) is 3.10. The van der Waals surface area contributed by atoms with Gasteiger partial charge in [-0.2, -0.15) is 0 Å². The van der Waals surface area contributed by atoms with Crippen molar-refractivity contribution in [2.45, 2.75) is 36.9 Å². The van der Waals surface area contributed by atoms with E-state index in [1.165, 1.54) is 32.2 Å². The lowest BCUT2D eigenvalue weighted by Crippen LogP contribution is -2.19. The Morgan fingerprint density at radius 1 is 1.31 bits per heavy atom. The topological polar surface area (TPSA) is 55.6 Å². The van der Waals surface area contributed by atoms with E-state index in [1.807, 2.05) is 4.68 Å². The predicted molar refractivity (Wildman–Crippen MR) is 62.4 cm³/mol. The maximum atomic E-state index is 4.06. The summed E-state index contributed by atoms with van der Waals surface area (Å²) in [6, 6.07) is 0.580. The Bertz CT molecular complexity index is 345. The second-order valence-corrected chi connectivity index (χ2v) is 5.70. The second-order valence-electron chi connectivity index (χ2n) is 4.63. The minimum absolute atomic E-state index is 0.580. The highest BCUT2D eigenvalue weighted by atomic mass is 32.2. The van der Waals surface area contributed by atoms with Gasteiger partial charge in [0.2, 0.25) is 5.16 Å². The molecule has 0 unspecified atom stereocenters. The van der Waals surface area contributed by atoms with E-state index < -0.39 is 0 Å². The minimum Gasteiger partial charge on any atom is -0.316 e. The second kappa shape index (κ2) is 4.71. The molecule has 88 valence electrons. The van der Waals surface area contributed by atoms with Gasteiger partial charge in [-0.25, -0.2) is 4.68 Å². The summed E-state index contributed by atoms with van der Waals surface area (Å²) in [6.45, 7) is 2.24. The molecule has 0 aliphatic heterocycles. The smallest absolute Gasteiger partial charge is 0.209 e. The first-order valence-corrected chi connectivity index (χ1v) is 7.03. The molecule has 1 heterocycles. The van der Waals surface area contributed by atoms with Gasteiger partial charge in [-0.15, -0.1) is 5.10 Å². The van der Waals surface area contributed by atoms with Gasteiger partial charge in [-0.3, -0.25) is 0 Å². The molecule has 1 aromatic rings. The van der Waals surface area contributed by atoms with Crippen molar-refractivity contribution in [3.05, 3.63) is 0 Å². The van der Waals surface area contributed by atoms with E-state index >= 15 is 0 Å². The number of hydrogen-bond donors (Lipinski definition) is 1. The fourth-order valence-corrected chi connectivity index (χ4v) is 2.51. The fourth-order valence-electron chi connectivity index (χ4n) is 1.67. The highest BCUT2D eigenvalue weighted by Gasteiger charge is 2.27. The normalized spacial score (nSPS) is 20.2. The van der Waals surface area contributed by atoms with Gasteiger partial charge in [0.05, 0.1) is 6.04 Å². The SMILES string of the molecule is C(CSc1nnnn1C1CC1)NCC1CC1. The van der Waals surface area contributed by atoms with Crippen LogP contribution in [0.5, 0.6) is 0 Å². The van der Waals surface area contributed by atoms with E-state index in [9.17, 15) is 0 Å².